The number of hydrogen-bond donors (Lipinski definition) is 2. The van der Waals surface area contributed by atoms with E-state index in [1.165, 1.54) is 6.20 Å². The summed E-state index contributed by atoms with van der Waals surface area (Å²) < 4.78 is 4.67. The maximum absolute atomic E-state index is 11.9. The predicted molar refractivity (Wildman–Crippen MR) is 79.6 cm³/mol. The molecule has 0 saturated heterocycles. The molecule has 2 rings (SSSR count). The minimum atomic E-state index is -1.12. The molecule has 1 unspecified atom stereocenters. The van der Waals surface area contributed by atoms with Gasteiger partial charge in [-0.2, -0.15) is 0 Å². The molecule has 0 aromatic carbocycles. The average molecular weight is 325 g/mol. The van der Waals surface area contributed by atoms with Gasteiger partial charge in [0.15, 0.2) is 0 Å². The summed E-state index contributed by atoms with van der Waals surface area (Å²) in [6.45, 7) is 1.84. The molecule has 0 radical (unpaired) electrons. The number of nitrogens with one attached hydrogen (secondary N) is 1. The van der Waals surface area contributed by atoms with Gasteiger partial charge in [-0.3, -0.25) is 0 Å². The summed E-state index contributed by atoms with van der Waals surface area (Å²) in [6, 6.07) is 0.565. The summed E-state index contributed by atoms with van der Waals surface area (Å²) in [5.41, 5.74) is 6.06. The van der Waals surface area contributed by atoms with Gasteiger partial charge < -0.3 is 20.3 Å². The van der Waals surface area contributed by atoms with Crippen molar-refractivity contribution in [2.75, 3.05) is 6.61 Å². The van der Waals surface area contributed by atoms with Crippen LogP contribution in [0.2, 0.25) is 5.02 Å². The average Bonchev–Trinajstić information content (AvgIpc) is 2.97. The number of oxime groups is 1. The van der Waals surface area contributed by atoms with Crippen molar-refractivity contribution in [3.63, 3.8) is 0 Å². The second-order valence-corrected chi connectivity index (χ2v) is 4.51. The van der Waals surface area contributed by atoms with Crippen molar-refractivity contribution in [1.82, 2.24) is 9.97 Å². The van der Waals surface area contributed by atoms with E-state index in [2.05, 4.69) is 24.7 Å². The van der Waals surface area contributed by atoms with E-state index in [0.717, 1.165) is 6.21 Å². The molecule has 3 N–H and O–H groups in total. The molecule has 9 heteroatoms. The van der Waals surface area contributed by atoms with Gasteiger partial charge in [0.1, 0.15) is 11.7 Å². The summed E-state index contributed by atoms with van der Waals surface area (Å²) in [4.78, 5) is 34.7. The molecule has 0 spiro atoms. The maximum atomic E-state index is 11.9. The zero-order chi connectivity index (χ0) is 16.1. The number of nitrogens with two attached hydrogens (primary N) is 1. The fourth-order valence-electron chi connectivity index (χ4n) is 1.61. The Hall–Kier alpha value is -2.45. The van der Waals surface area contributed by atoms with Crippen molar-refractivity contribution in [2.45, 2.75) is 13.0 Å². The van der Waals surface area contributed by atoms with E-state index in [4.69, 9.17) is 17.3 Å². The van der Waals surface area contributed by atoms with Crippen LogP contribution in [0.15, 0.2) is 23.6 Å². The van der Waals surface area contributed by atoms with Crippen LogP contribution in [0.25, 0.3) is 11.0 Å². The Bertz CT molecular complexity index is 728. The second-order valence-electron chi connectivity index (χ2n) is 4.14. The molecule has 22 heavy (non-hydrogen) atoms. The number of hydrogen-bond acceptors (Lipinski definition) is 7. The van der Waals surface area contributed by atoms with Gasteiger partial charge in [-0.25, -0.2) is 14.6 Å². The number of pyridine rings is 1. The Morgan fingerprint density at radius 3 is 3.09 bits per heavy atom. The predicted octanol–water partition coefficient (Wildman–Crippen LogP) is 1.25. The number of aromatic amines is 1. The number of halogens is 1. The Morgan fingerprint density at radius 1 is 1.59 bits per heavy atom. The number of ether oxygens (including phenoxy) is 1. The third kappa shape index (κ3) is 3.41. The first-order valence-corrected chi connectivity index (χ1v) is 6.71. The summed E-state index contributed by atoms with van der Waals surface area (Å²) in [5, 5.41) is 4.15. The number of fused-ring (bicyclic) bond motifs is 1. The van der Waals surface area contributed by atoms with Crippen LogP contribution in [0.4, 0.5) is 0 Å². The number of aromatic nitrogens is 2. The van der Waals surface area contributed by atoms with Crippen LogP contribution in [0, 0.1) is 0 Å². The van der Waals surface area contributed by atoms with Crippen LogP contribution in [0.1, 0.15) is 17.3 Å². The molecule has 2 heterocycles. The minimum absolute atomic E-state index is 0.0515. The van der Waals surface area contributed by atoms with Gasteiger partial charge >= 0.3 is 11.9 Å². The number of rotatable bonds is 5. The Kier molecular flexibility index (Phi) is 5.08. The van der Waals surface area contributed by atoms with Crippen molar-refractivity contribution < 1.29 is 19.2 Å². The van der Waals surface area contributed by atoms with E-state index in [1.54, 1.807) is 19.2 Å². The van der Waals surface area contributed by atoms with Crippen molar-refractivity contribution in [2.24, 2.45) is 10.9 Å². The summed E-state index contributed by atoms with van der Waals surface area (Å²) in [7, 11) is 0. The first kappa shape index (κ1) is 15.9. The molecular formula is C13H13ClN4O4. The largest absolute Gasteiger partial charge is 0.465 e. The van der Waals surface area contributed by atoms with Crippen molar-refractivity contribution >= 4 is 40.8 Å². The second kappa shape index (κ2) is 7.01. The van der Waals surface area contributed by atoms with Gasteiger partial charge in [0.05, 0.1) is 23.4 Å². The van der Waals surface area contributed by atoms with E-state index in [9.17, 15) is 9.59 Å². The zero-order valence-electron chi connectivity index (χ0n) is 11.6. The third-order valence-electron chi connectivity index (χ3n) is 2.66. The molecule has 0 fully saturated rings. The van der Waals surface area contributed by atoms with Crippen LogP contribution in [0.3, 0.4) is 0 Å². The SMILES string of the molecule is CCOC(=O)C(N)/C=N\OC(=O)c1cnc2[nH]ccc2c1Cl. The molecule has 0 saturated carbocycles. The van der Waals surface area contributed by atoms with Crippen LogP contribution in [-0.2, 0) is 14.4 Å². The summed E-state index contributed by atoms with van der Waals surface area (Å²) >= 11 is 6.10. The summed E-state index contributed by atoms with van der Waals surface area (Å²) in [5.74, 6) is -1.48. The Morgan fingerprint density at radius 2 is 2.36 bits per heavy atom. The minimum Gasteiger partial charge on any atom is -0.465 e. The van der Waals surface area contributed by atoms with Gasteiger partial charge in [-0.1, -0.05) is 16.8 Å². The molecule has 2 aromatic heterocycles. The topological polar surface area (TPSA) is 120 Å². The fraction of sp³-hybridized carbons (Fsp3) is 0.231. The number of carbonyl (C=O) groups is 2. The molecule has 8 nitrogen and oxygen atoms in total. The van der Waals surface area contributed by atoms with E-state index >= 15 is 0 Å². The summed E-state index contributed by atoms with van der Waals surface area (Å²) in [6.07, 6.45) is 3.88. The number of H-pyrrole nitrogens is 1. The lowest BCUT2D eigenvalue weighted by Gasteiger charge is -2.05. The number of nitrogens with zero attached hydrogens (tertiary/aromatic N) is 2. The lowest BCUT2D eigenvalue weighted by molar-refractivity contribution is -0.142. The lowest BCUT2D eigenvalue weighted by Crippen LogP contribution is -2.33. The van der Waals surface area contributed by atoms with Crippen LogP contribution < -0.4 is 5.73 Å². The van der Waals surface area contributed by atoms with Crippen LogP contribution in [0.5, 0.6) is 0 Å². The molecular weight excluding hydrogens is 312 g/mol. The smallest absolute Gasteiger partial charge is 0.368 e. The van der Waals surface area contributed by atoms with E-state index in [-0.39, 0.29) is 17.2 Å². The molecule has 116 valence electrons. The first-order valence-electron chi connectivity index (χ1n) is 6.33. The van der Waals surface area contributed by atoms with Gasteiger partial charge in [-0.15, -0.1) is 0 Å². The third-order valence-corrected chi connectivity index (χ3v) is 3.06. The Labute approximate surface area is 130 Å². The van der Waals surface area contributed by atoms with E-state index < -0.39 is 18.0 Å². The van der Waals surface area contributed by atoms with Crippen LogP contribution >= 0.6 is 11.6 Å². The molecule has 0 aliphatic carbocycles. The normalized spacial score (nSPS) is 12.5. The van der Waals surface area contributed by atoms with Crippen molar-refractivity contribution in [3.05, 3.63) is 29.0 Å². The number of esters is 1. The maximum Gasteiger partial charge on any atom is 0.368 e. The highest BCUT2D eigenvalue weighted by Crippen LogP contribution is 2.25. The molecule has 0 aliphatic rings. The monoisotopic (exact) mass is 324 g/mol. The zero-order valence-corrected chi connectivity index (χ0v) is 12.3. The van der Waals surface area contributed by atoms with Crippen molar-refractivity contribution in [3.8, 4) is 0 Å². The van der Waals surface area contributed by atoms with Gasteiger partial charge in [0, 0.05) is 17.8 Å². The Balaban J connectivity index is 2.05. The molecule has 2 aromatic rings. The fourth-order valence-corrected chi connectivity index (χ4v) is 1.89. The molecule has 0 aliphatic heterocycles. The lowest BCUT2D eigenvalue weighted by atomic mass is 10.2. The highest BCUT2D eigenvalue weighted by Gasteiger charge is 2.17. The highest BCUT2D eigenvalue weighted by molar-refractivity contribution is 6.38. The van der Waals surface area contributed by atoms with E-state index in [1.807, 2.05) is 0 Å². The molecule has 0 bridgehead atoms. The van der Waals surface area contributed by atoms with E-state index in [0.29, 0.717) is 11.0 Å². The van der Waals surface area contributed by atoms with Crippen molar-refractivity contribution in [1.29, 1.82) is 0 Å². The first-order chi connectivity index (χ1) is 10.5. The van der Waals surface area contributed by atoms with Gasteiger partial charge in [0.2, 0.25) is 0 Å². The highest BCUT2D eigenvalue weighted by atomic mass is 35.5. The molecule has 1 atom stereocenters. The number of carbonyl (C=O) groups excluding carboxylic acids is 2. The van der Waals surface area contributed by atoms with Gasteiger partial charge in [-0.05, 0) is 13.0 Å². The van der Waals surface area contributed by atoms with Crippen LogP contribution in [-0.4, -0.2) is 40.8 Å². The standard InChI is InChI=1S/C13H13ClN4O4/c1-2-21-13(20)9(15)6-18-22-12(19)8-5-17-11-7(10(8)14)3-4-16-11/h3-6,9H,2,15H2,1H3,(H,16,17)/b18-6-. The van der Waals surface area contributed by atoms with Gasteiger partial charge in [0.25, 0.3) is 0 Å². The quantitative estimate of drug-likeness (QED) is 0.369. The molecule has 0 amide bonds.